The van der Waals surface area contributed by atoms with Gasteiger partial charge in [-0.1, -0.05) is 13.8 Å². The van der Waals surface area contributed by atoms with E-state index in [1.54, 1.807) is 7.05 Å². The van der Waals surface area contributed by atoms with Gasteiger partial charge in [0.25, 0.3) is 0 Å². The van der Waals surface area contributed by atoms with Gasteiger partial charge in [0.2, 0.25) is 5.91 Å². The van der Waals surface area contributed by atoms with Crippen LogP contribution in [-0.4, -0.2) is 62.1 Å². The smallest absolute Gasteiger partial charge is 0.239 e. The third-order valence-electron chi connectivity index (χ3n) is 3.91. The summed E-state index contributed by atoms with van der Waals surface area (Å²) in [4.78, 5) is 18.3. The molecule has 6 nitrogen and oxygen atoms in total. The van der Waals surface area contributed by atoms with Crippen molar-refractivity contribution in [2.75, 3.05) is 33.2 Å². The number of hydrogen-bond donors (Lipinski definition) is 3. The minimum atomic E-state index is 0.00285. The Bertz CT molecular complexity index is 356. The predicted molar refractivity (Wildman–Crippen MR) is 87.5 cm³/mol. The maximum absolute atomic E-state index is 11.6. The average Bonchev–Trinajstić information content (AvgIpc) is 2.82. The molecule has 0 aliphatic carbocycles. The Balaban J connectivity index is 2.39. The number of amides is 1. The Morgan fingerprint density at radius 1 is 1.33 bits per heavy atom. The maximum Gasteiger partial charge on any atom is 0.239 e. The number of aliphatic imine (C=N–C) groups is 1. The van der Waals surface area contributed by atoms with E-state index in [2.05, 4.69) is 46.6 Å². The van der Waals surface area contributed by atoms with Crippen LogP contribution in [0, 0.1) is 5.92 Å². The highest BCUT2D eigenvalue weighted by Crippen LogP contribution is 2.18. The van der Waals surface area contributed by atoms with E-state index in [-0.39, 0.29) is 12.5 Å². The number of nitrogens with one attached hydrogen (secondary N) is 3. The molecular formula is C15H31N5O. The van der Waals surface area contributed by atoms with Crippen LogP contribution in [0.25, 0.3) is 0 Å². The Labute approximate surface area is 128 Å². The van der Waals surface area contributed by atoms with Gasteiger partial charge < -0.3 is 16.0 Å². The Morgan fingerprint density at radius 3 is 2.57 bits per heavy atom. The second-order valence-electron chi connectivity index (χ2n) is 6.05. The summed E-state index contributed by atoms with van der Waals surface area (Å²) in [5, 5.41) is 9.35. The molecule has 0 radical (unpaired) electrons. The zero-order valence-electron chi connectivity index (χ0n) is 14.1. The first kappa shape index (κ1) is 17.8. The molecule has 1 amide bonds. The van der Waals surface area contributed by atoms with Crippen molar-refractivity contribution in [3.05, 3.63) is 0 Å². The summed E-state index contributed by atoms with van der Waals surface area (Å²) >= 11 is 0. The second-order valence-corrected chi connectivity index (χ2v) is 6.05. The summed E-state index contributed by atoms with van der Waals surface area (Å²) in [6, 6.07) is 0.936. The quantitative estimate of drug-likeness (QED) is 0.490. The van der Waals surface area contributed by atoms with Crippen molar-refractivity contribution in [1.29, 1.82) is 0 Å². The normalized spacial score (nSPS) is 23.4. The molecule has 0 saturated carbocycles. The summed E-state index contributed by atoms with van der Waals surface area (Å²) in [5.41, 5.74) is 0. The van der Waals surface area contributed by atoms with Gasteiger partial charge in [-0.05, 0) is 26.2 Å². The number of carbonyl (C=O) groups excluding carboxylic acids is 1. The molecule has 1 rings (SSSR count). The maximum atomic E-state index is 11.6. The highest BCUT2D eigenvalue weighted by Gasteiger charge is 2.31. The van der Waals surface area contributed by atoms with E-state index in [0.717, 1.165) is 26.1 Å². The van der Waals surface area contributed by atoms with Crippen molar-refractivity contribution >= 4 is 11.9 Å². The first-order valence-electron chi connectivity index (χ1n) is 7.95. The first-order chi connectivity index (χ1) is 9.97. The molecule has 0 aromatic rings. The highest BCUT2D eigenvalue weighted by atomic mass is 16.1. The Hall–Kier alpha value is -1.30. The monoisotopic (exact) mass is 297 g/mol. The van der Waals surface area contributed by atoms with E-state index in [1.165, 1.54) is 0 Å². The molecule has 21 heavy (non-hydrogen) atoms. The summed E-state index contributed by atoms with van der Waals surface area (Å²) in [5.74, 6) is 1.27. The molecule has 0 aromatic heterocycles. The second kappa shape index (κ2) is 8.87. The van der Waals surface area contributed by atoms with Crippen LogP contribution in [0.1, 0.15) is 34.1 Å². The lowest BCUT2D eigenvalue weighted by molar-refractivity contribution is -0.120. The third-order valence-corrected chi connectivity index (χ3v) is 3.91. The van der Waals surface area contributed by atoms with E-state index >= 15 is 0 Å². The highest BCUT2D eigenvalue weighted by molar-refractivity contribution is 5.86. The molecule has 6 heteroatoms. The zero-order valence-corrected chi connectivity index (χ0v) is 14.1. The van der Waals surface area contributed by atoms with Gasteiger partial charge in [0.05, 0.1) is 6.54 Å². The van der Waals surface area contributed by atoms with Crippen LogP contribution in [0.5, 0.6) is 0 Å². The van der Waals surface area contributed by atoms with E-state index < -0.39 is 0 Å². The number of carbonyl (C=O) groups is 1. The van der Waals surface area contributed by atoms with Crippen molar-refractivity contribution in [2.45, 2.75) is 46.2 Å². The summed E-state index contributed by atoms with van der Waals surface area (Å²) < 4.78 is 0. The van der Waals surface area contributed by atoms with Crippen molar-refractivity contribution in [3.63, 3.8) is 0 Å². The fourth-order valence-electron chi connectivity index (χ4n) is 2.47. The molecule has 0 spiro atoms. The molecule has 122 valence electrons. The molecule has 0 aromatic carbocycles. The molecule has 2 atom stereocenters. The molecule has 3 N–H and O–H groups in total. The lowest BCUT2D eigenvalue weighted by Crippen LogP contribution is -2.49. The van der Waals surface area contributed by atoms with Gasteiger partial charge in [-0.15, -0.1) is 0 Å². The molecular weight excluding hydrogens is 266 g/mol. The van der Waals surface area contributed by atoms with Gasteiger partial charge in [-0.2, -0.15) is 0 Å². The van der Waals surface area contributed by atoms with E-state index in [9.17, 15) is 4.79 Å². The van der Waals surface area contributed by atoms with Gasteiger partial charge in [-0.25, -0.2) is 0 Å². The Kier molecular flexibility index (Phi) is 7.50. The minimum absolute atomic E-state index is 0.00285. The van der Waals surface area contributed by atoms with Crippen molar-refractivity contribution in [1.82, 2.24) is 20.9 Å². The van der Waals surface area contributed by atoms with E-state index in [1.807, 2.05) is 6.92 Å². The van der Waals surface area contributed by atoms with Crippen LogP contribution in [0.4, 0.5) is 0 Å². The van der Waals surface area contributed by atoms with Crippen molar-refractivity contribution in [2.24, 2.45) is 10.9 Å². The van der Waals surface area contributed by atoms with Crippen LogP contribution in [0.3, 0.4) is 0 Å². The number of likely N-dealkylation sites (tertiary alicyclic amines) is 1. The van der Waals surface area contributed by atoms with Crippen LogP contribution in [0.2, 0.25) is 0 Å². The molecule has 0 bridgehead atoms. The van der Waals surface area contributed by atoms with Crippen molar-refractivity contribution in [3.8, 4) is 0 Å². The fraction of sp³-hybridized carbons (Fsp3) is 0.867. The summed E-state index contributed by atoms with van der Waals surface area (Å²) in [7, 11) is 1.74. The van der Waals surface area contributed by atoms with Gasteiger partial charge in [0.1, 0.15) is 0 Å². The van der Waals surface area contributed by atoms with E-state index in [4.69, 9.17) is 0 Å². The fourth-order valence-corrected chi connectivity index (χ4v) is 2.47. The third kappa shape index (κ3) is 5.91. The molecule has 2 unspecified atom stereocenters. The van der Waals surface area contributed by atoms with Gasteiger partial charge in [0, 0.05) is 38.8 Å². The SMILES string of the molecule is CCCNC(=O)CNC(=NC)NC1CN(C(C)C)CC1C. The molecule has 1 saturated heterocycles. The largest absolute Gasteiger partial charge is 0.355 e. The first-order valence-corrected chi connectivity index (χ1v) is 7.95. The van der Waals surface area contributed by atoms with Gasteiger partial charge >= 0.3 is 0 Å². The molecule has 1 aliphatic rings. The van der Waals surface area contributed by atoms with Crippen molar-refractivity contribution < 1.29 is 4.79 Å². The van der Waals surface area contributed by atoms with Gasteiger partial charge in [-0.3, -0.25) is 14.7 Å². The number of nitrogens with zero attached hydrogens (tertiary/aromatic N) is 2. The molecule has 1 aliphatic heterocycles. The standard InChI is InChI=1S/C15H31N5O/c1-6-7-17-14(21)8-18-15(16-5)19-13-10-20(11(2)3)9-12(13)4/h11-13H,6-10H2,1-5H3,(H,17,21)(H2,16,18,19). The predicted octanol–water partition coefficient (Wildman–Crippen LogP) is 0.406. The van der Waals surface area contributed by atoms with Crippen LogP contribution < -0.4 is 16.0 Å². The molecule has 1 fully saturated rings. The number of rotatable bonds is 6. The topological polar surface area (TPSA) is 68.8 Å². The van der Waals surface area contributed by atoms with Crippen LogP contribution in [-0.2, 0) is 4.79 Å². The number of hydrogen-bond acceptors (Lipinski definition) is 3. The molecule has 1 heterocycles. The van der Waals surface area contributed by atoms with Gasteiger partial charge in [0.15, 0.2) is 5.96 Å². The van der Waals surface area contributed by atoms with Crippen LogP contribution in [0.15, 0.2) is 4.99 Å². The average molecular weight is 297 g/mol. The lowest BCUT2D eigenvalue weighted by Gasteiger charge is -2.21. The van der Waals surface area contributed by atoms with E-state index in [0.29, 0.717) is 24.0 Å². The number of guanidine groups is 1. The lowest BCUT2D eigenvalue weighted by atomic mass is 10.1. The summed E-state index contributed by atoms with van der Waals surface area (Å²) in [6.07, 6.45) is 0.948. The van der Waals surface area contributed by atoms with Crippen LogP contribution >= 0.6 is 0 Å². The summed E-state index contributed by atoms with van der Waals surface area (Å²) in [6.45, 7) is 11.8. The zero-order chi connectivity index (χ0) is 15.8. The minimum Gasteiger partial charge on any atom is -0.355 e. The Morgan fingerprint density at radius 2 is 2.05 bits per heavy atom.